The van der Waals surface area contributed by atoms with E-state index in [4.69, 9.17) is 0 Å². The number of hydrogen-bond donors (Lipinski definition) is 1. The summed E-state index contributed by atoms with van der Waals surface area (Å²) in [4.78, 5) is 14.7. The van der Waals surface area contributed by atoms with Crippen LogP contribution in [0.25, 0.3) is 22.0 Å². The predicted octanol–water partition coefficient (Wildman–Crippen LogP) is 3.76. The van der Waals surface area contributed by atoms with Crippen LogP contribution in [0, 0.1) is 0 Å². The third kappa shape index (κ3) is 2.17. The molecule has 0 unspecified atom stereocenters. The van der Waals surface area contributed by atoms with Crippen molar-refractivity contribution in [1.29, 1.82) is 0 Å². The Morgan fingerprint density at radius 2 is 1.74 bits per heavy atom. The molecule has 0 bridgehead atoms. The minimum Gasteiger partial charge on any atom is -0.321 e. The second-order valence-corrected chi connectivity index (χ2v) is 4.65. The van der Waals surface area contributed by atoms with Crippen LogP contribution < -0.4 is 5.56 Å². The van der Waals surface area contributed by atoms with Gasteiger partial charge in [-0.25, -0.2) is 0 Å². The minimum absolute atomic E-state index is 0.0618. The lowest BCUT2D eigenvalue weighted by Crippen LogP contribution is -2.05. The molecular formula is C17H15NO. The van der Waals surface area contributed by atoms with Crippen molar-refractivity contribution in [3.63, 3.8) is 0 Å². The van der Waals surface area contributed by atoms with Crippen LogP contribution in [0.1, 0.15) is 12.5 Å². The normalized spacial score (nSPS) is 10.8. The van der Waals surface area contributed by atoms with E-state index in [0.29, 0.717) is 0 Å². The number of rotatable bonds is 2. The number of hydrogen-bond acceptors (Lipinski definition) is 1. The van der Waals surface area contributed by atoms with Gasteiger partial charge in [0.2, 0.25) is 5.56 Å². The SMILES string of the molecule is CCc1ccc(-c2[nH]c(=O)cc3ccccc23)cc1. The Kier molecular flexibility index (Phi) is 2.92. The van der Waals surface area contributed by atoms with Crippen molar-refractivity contribution in [1.82, 2.24) is 4.98 Å². The van der Waals surface area contributed by atoms with Gasteiger partial charge in [0.05, 0.1) is 5.69 Å². The molecule has 0 atom stereocenters. The third-order valence-electron chi connectivity index (χ3n) is 3.42. The molecule has 94 valence electrons. The van der Waals surface area contributed by atoms with Gasteiger partial charge in [-0.15, -0.1) is 0 Å². The Balaban J connectivity index is 2.25. The monoisotopic (exact) mass is 249 g/mol. The van der Waals surface area contributed by atoms with Crippen molar-refractivity contribution in [2.75, 3.05) is 0 Å². The second kappa shape index (κ2) is 4.73. The molecule has 1 aromatic heterocycles. The topological polar surface area (TPSA) is 32.9 Å². The summed E-state index contributed by atoms with van der Waals surface area (Å²) in [5, 5.41) is 2.05. The van der Waals surface area contributed by atoms with Crippen LogP contribution in [0.5, 0.6) is 0 Å². The van der Waals surface area contributed by atoms with Crippen molar-refractivity contribution in [2.24, 2.45) is 0 Å². The number of aromatic amines is 1. The smallest absolute Gasteiger partial charge is 0.249 e. The zero-order chi connectivity index (χ0) is 13.2. The van der Waals surface area contributed by atoms with Crippen LogP contribution in [-0.2, 0) is 6.42 Å². The van der Waals surface area contributed by atoms with Crippen LogP contribution in [0.15, 0.2) is 59.4 Å². The highest BCUT2D eigenvalue weighted by atomic mass is 16.1. The molecule has 2 nitrogen and oxygen atoms in total. The van der Waals surface area contributed by atoms with Gasteiger partial charge in [0.1, 0.15) is 0 Å². The highest BCUT2D eigenvalue weighted by Gasteiger charge is 2.05. The number of fused-ring (bicyclic) bond motifs is 1. The summed E-state index contributed by atoms with van der Waals surface area (Å²) in [5.41, 5.74) is 3.18. The number of pyridine rings is 1. The van der Waals surface area contributed by atoms with E-state index in [0.717, 1.165) is 28.5 Å². The van der Waals surface area contributed by atoms with Gasteiger partial charge in [0, 0.05) is 11.5 Å². The van der Waals surface area contributed by atoms with E-state index >= 15 is 0 Å². The van der Waals surface area contributed by atoms with Crippen LogP contribution in [0.3, 0.4) is 0 Å². The van der Waals surface area contributed by atoms with Crippen LogP contribution >= 0.6 is 0 Å². The first-order valence-corrected chi connectivity index (χ1v) is 6.49. The largest absolute Gasteiger partial charge is 0.321 e. The van der Waals surface area contributed by atoms with E-state index in [1.165, 1.54) is 5.56 Å². The highest BCUT2D eigenvalue weighted by Crippen LogP contribution is 2.25. The molecule has 3 rings (SSSR count). The summed E-state index contributed by atoms with van der Waals surface area (Å²) >= 11 is 0. The molecule has 1 N–H and O–H groups in total. The predicted molar refractivity (Wildman–Crippen MR) is 79.4 cm³/mol. The summed E-state index contributed by atoms with van der Waals surface area (Å²) in [6.07, 6.45) is 1.02. The average molecular weight is 249 g/mol. The molecule has 0 aliphatic rings. The Labute approximate surface area is 111 Å². The molecular weight excluding hydrogens is 234 g/mol. The maximum Gasteiger partial charge on any atom is 0.249 e. The molecule has 19 heavy (non-hydrogen) atoms. The maximum absolute atomic E-state index is 11.7. The van der Waals surface area contributed by atoms with Gasteiger partial charge in [0.25, 0.3) is 0 Å². The van der Waals surface area contributed by atoms with E-state index in [-0.39, 0.29) is 5.56 Å². The molecule has 0 spiro atoms. The van der Waals surface area contributed by atoms with Crippen molar-refractivity contribution in [3.8, 4) is 11.3 Å². The zero-order valence-corrected chi connectivity index (χ0v) is 10.8. The van der Waals surface area contributed by atoms with E-state index in [9.17, 15) is 4.79 Å². The molecule has 3 aromatic rings. The molecule has 0 aliphatic heterocycles. The zero-order valence-electron chi connectivity index (χ0n) is 10.8. The van der Waals surface area contributed by atoms with Gasteiger partial charge in [0.15, 0.2) is 0 Å². The van der Waals surface area contributed by atoms with Gasteiger partial charge in [-0.2, -0.15) is 0 Å². The third-order valence-corrected chi connectivity index (χ3v) is 3.42. The van der Waals surface area contributed by atoms with Gasteiger partial charge >= 0.3 is 0 Å². The number of aryl methyl sites for hydroxylation is 1. The molecule has 2 heteroatoms. The first-order valence-electron chi connectivity index (χ1n) is 6.49. The van der Waals surface area contributed by atoms with E-state index in [1.807, 2.05) is 24.3 Å². The van der Waals surface area contributed by atoms with Crippen LogP contribution in [0.4, 0.5) is 0 Å². The lowest BCUT2D eigenvalue weighted by Gasteiger charge is -2.07. The Bertz CT molecular complexity index is 769. The minimum atomic E-state index is -0.0618. The standard InChI is InChI=1S/C17H15NO/c1-2-12-7-9-13(10-8-12)17-15-6-4-3-5-14(15)11-16(19)18-17/h3-11H,2H2,1H3,(H,18,19). The lowest BCUT2D eigenvalue weighted by atomic mass is 10.0. The van der Waals surface area contributed by atoms with E-state index in [1.54, 1.807) is 6.07 Å². The molecule has 0 fully saturated rings. The van der Waals surface area contributed by atoms with Crippen molar-refractivity contribution >= 4 is 10.8 Å². The van der Waals surface area contributed by atoms with Gasteiger partial charge in [-0.3, -0.25) is 4.79 Å². The summed E-state index contributed by atoms with van der Waals surface area (Å²) in [7, 11) is 0. The van der Waals surface area contributed by atoms with Gasteiger partial charge < -0.3 is 4.98 Å². The number of H-pyrrole nitrogens is 1. The van der Waals surface area contributed by atoms with Crippen LogP contribution in [0.2, 0.25) is 0 Å². The Morgan fingerprint density at radius 1 is 1.00 bits per heavy atom. The number of aromatic nitrogens is 1. The summed E-state index contributed by atoms with van der Waals surface area (Å²) < 4.78 is 0. The van der Waals surface area contributed by atoms with E-state index in [2.05, 4.69) is 36.2 Å². The molecule has 1 heterocycles. The quantitative estimate of drug-likeness (QED) is 0.737. The first-order chi connectivity index (χ1) is 9.28. The number of nitrogens with one attached hydrogen (secondary N) is 1. The first kappa shape index (κ1) is 11.7. The van der Waals surface area contributed by atoms with Gasteiger partial charge in [-0.05, 0) is 22.9 Å². The molecule has 0 saturated carbocycles. The number of benzene rings is 2. The second-order valence-electron chi connectivity index (χ2n) is 4.65. The Morgan fingerprint density at radius 3 is 2.47 bits per heavy atom. The van der Waals surface area contributed by atoms with Gasteiger partial charge in [-0.1, -0.05) is 55.5 Å². The summed E-state index contributed by atoms with van der Waals surface area (Å²) in [6, 6.07) is 17.9. The Hall–Kier alpha value is -2.35. The maximum atomic E-state index is 11.7. The van der Waals surface area contributed by atoms with E-state index < -0.39 is 0 Å². The van der Waals surface area contributed by atoms with Crippen molar-refractivity contribution in [2.45, 2.75) is 13.3 Å². The molecule has 0 radical (unpaired) electrons. The van der Waals surface area contributed by atoms with Crippen LogP contribution in [-0.4, -0.2) is 4.98 Å². The molecule has 0 amide bonds. The molecule has 0 saturated heterocycles. The fourth-order valence-corrected chi connectivity index (χ4v) is 2.35. The highest BCUT2D eigenvalue weighted by molar-refractivity contribution is 5.94. The molecule has 2 aromatic carbocycles. The summed E-state index contributed by atoms with van der Waals surface area (Å²) in [6.45, 7) is 2.13. The lowest BCUT2D eigenvalue weighted by molar-refractivity contribution is 1.14. The van der Waals surface area contributed by atoms with Crippen molar-refractivity contribution < 1.29 is 0 Å². The average Bonchev–Trinajstić information content (AvgIpc) is 2.46. The molecule has 0 aliphatic carbocycles. The fourth-order valence-electron chi connectivity index (χ4n) is 2.35. The fraction of sp³-hybridized carbons (Fsp3) is 0.118. The summed E-state index contributed by atoms with van der Waals surface area (Å²) in [5.74, 6) is 0. The van der Waals surface area contributed by atoms with Crippen molar-refractivity contribution in [3.05, 3.63) is 70.5 Å².